The Bertz CT molecular complexity index is 424. The Morgan fingerprint density at radius 3 is 3.00 bits per heavy atom. The molecule has 0 saturated carbocycles. The van der Waals surface area contributed by atoms with Crippen LogP contribution in [0.15, 0.2) is 4.79 Å². The summed E-state index contributed by atoms with van der Waals surface area (Å²) in [6, 6.07) is 0. The van der Waals surface area contributed by atoms with Gasteiger partial charge in [0.2, 0.25) is 0 Å². The van der Waals surface area contributed by atoms with Gasteiger partial charge in [-0.1, -0.05) is 0 Å². The molecule has 0 spiro atoms. The van der Waals surface area contributed by atoms with Crippen LogP contribution in [0.1, 0.15) is 17.0 Å². The van der Waals surface area contributed by atoms with Crippen molar-refractivity contribution in [2.75, 3.05) is 27.2 Å². The van der Waals surface area contributed by atoms with Gasteiger partial charge in [-0.05, 0) is 14.1 Å². The molecule has 5 heteroatoms. The quantitative estimate of drug-likeness (QED) is 0.725. The Morgan fingerprint density at radius 1 is 1.44 bits per heavy atom. The summed E-state index contributed by atoms with van der Waals surface area (Å²) in [5, 5.41) is 3.31. The highest BCUT2D eigenvalue weighted by Crippen LogP contribution is 2.13. The van der Waals surface area contributed by atoms with Crippen LogP contribution in [0.4, 0.5) is 0 Å². The largest absolute Gasteiger partial charge is 0.345 e. The molecule has 0 unspecified atom stereocenters. The Hall–Kier alpha value is -1.20. The van der Waals surface area contributed by atoms with E-state index in [1.807, 2.05) is 14.1 Å². The van der Waals surface area contributed by atoms with Gasteiger partial charge in [0.15, 0.2) is 0 Å². The lowest BCUT2D eigenvalue weighted by atomic mass is 10.0. The summed E-state index contributed by atoms with van der Waals surface area (Å²) >= 11 is 0. The SMILES string of the molecule is CN(C)CCc1nc(=O)[nH]c2c1CNCC2. The fraction of sp³-hybridized carbons (Fsp3) is 0.636. The lowest BCUT2D eigenvalue weighted by Crippen LogP contribution is -2.31. The Morgan fingerprint density at radius 2 is 2.25 bits per heavy atom. The van der Waals surface area contributed by atoms with Crippen molar-refractivity contribution in [1.82, 2.24) is 20.2 Å². The van der Waals surface area contributed by atoms with Gasteiger partial charge in [0.1, 0.15) is 0 Å². The number of hydrogen-bond acceptors (Lipinski definition) is 4. The van der Waals surface area contributed by atoms with Crippen molar-refractivity contribution in [1.29, 1.82) is 0 Å². The maximum atomic E-state index is 11.4. The third-order valence-electron chi connectivity index (χ3n) is 2.86. The summed E-state index contributed by atoms with van der Waals surface area (Å²) in [6.07, 6.45) is 1.73. The predicted molar refractivity (Wildman–Crippen MR) is 62.5 cm³/mol. The predicted octanol–water partition coefficient (Wildman–Crippen LogP) is -0.480. The van der Waals surface area contributed by atoms with E-state index in [1.165, 1.54) is 5.56 Å². The summed E-state index contributed by atoms with van der Waals surface area (Å²) in [6.45, 7) is 2.67. The minimum Gasteiger partial charge on any atom is -0.312 e. The van der Waals surface area contributed by atoms with Gasteiger partial charge in [0, 0.05) is 43.7 Å². The summed E-state index contributed by atoms with van der Waals surface area (Å²) in [4.78, 5) is 20.4. The number of hydrogen-bond donors (Lipinski definition) is 2. The Labute approximate surface area is 94.9 Å². The van der Waals surface area contributed by atoms with E-state index in [4.69, 9.17) is 0 Å². The molecule has 5 nitrogen and oxygen atoms in total. The van der Waals surface area contributed by atoms with E-state index in [0.29, 0.717) is 0 Å². The third kappa shape index (κ3) is 2.48. The molecule has 1 aliphatic heterocycles. The molecule has 0 amide bonds. The molecule has 2 heterocycles. The molecule has 2 N–H and O–H groups in total. The fourth-order valence-electron chi connectivity index (χ4n) is 1.98. The van der Waals surface area contributed by atoms with Crippen LogP contribution in [0.3, 0.4) is 0 Å². The average Bonchev–Trinajstić information content (AvgIpc) is 2.25. The van der Waals surface area contributed by atoms with Crippen LogP contribution in [0.25, 0.3) is 0 Å². The number of nitrogens with zero attached hydrogens (tertiary/aromatic N) is 2. The smallest absolute Gasteiger partial charge is 0.312 e. The van der Waals surface area contributed by atoms with Crippen LogP contribution >= 0.6 is 0 Å². The number of aromatic nitrogens is 2. The highest BCUT2D eigenvalue weighted by molar-refractivity contribution is 5.27. The molecule has 0 aliphatic carbocycles. The van der Waals surface area contributed by atoms with E-state index < -0.39 is 0 Å². The number of likely N-dealkylation sites (N-methyl/N-ethyl adjacent to an activating group) is 1. The summed E-state index contributed by atoms with van der Waals surface area (Å²) in [5.41, 5.74) is 2.98. The molecule has 1 aliphatic rings. The summed E-state index contributed by atoms with van der Waals surface area (Å²) < 4.78 is 0. The highest BCUT2D eigenvalue weighted by atomic mass is 16.1. The Balaban J connectivity index is 2.28. The minimum atomic E-state index is -0.214. The molecule has 88 valence electrons. The number of aromatic amines is 1. The summed E-state index contributed by atoms with van der Waals surface area (Å²) in [5.74, 6) is 0. The zero-order valence-electron chi connectivity index (χ0n) is 9.84. The van der Waals surface area contributed by atoms with Gasteiger partial charge >= 0.3 is 5.69 Å². The highest BCUT2D eigenvalue weighted by Gasteiger charge is 2.15. The molecule has 0 fully saturated rings. The van der Waals surface area contributed by atoms with Crippen molar-refractivity contribution >= 4 is 0 Å². The normalized spacial score (nSPS) is 15.2. The zero-order chi connectivity index (χ0) is 11.5. The topological polar surface area (TPSA) is 61.0 Å². The van der Waals surface area contributed by atoms with Crippen LogP contribution in [0.2, 0.25) is 0 Å². The second kappa shape index (κ2) is 4.76. The van der Waals surface area contributed by atoms with Crippen molar-refractivity contribution in [3.8, 4) is 0 Å². The molecule has 1 aromatic heterocycles. The molecule has 0 atom stereocenters. The van der Waals surface area contributed by atoms with E-state index in [-0.39, 0.29) is 5.69 Å². The van der Waals surface area contributed by atoms with Gasteiger partial charge in [-0.25, -0.2) is 4.79 Å². The lowest BCUT2D eigenvalue weighted by Gasteiger charge is -2.19. The van der Waals surface area contributed by atoms with Crippen LogP contribution in [-0.2, 0) is 19.4 Å². The first-order valence-electron chi connectivity index (χ1n) is 5.63. The van der Waals surface area contributed by atoms with Gasteiger partial charge in [-0.15, -0.1) is 0 Å². The minimum absolute atomic E-state index is 0.214. The number of nitrogens with one attached hydrogen (secondary N) is 2. The summed E-state index contributed by atoms with van der Waals surface area (Å²) in [7, 11) is 4.05. The second-order valence-corrected chi connectivity index (χ2v) is 4.43. The van der Waals surface area contributed by atoms with Crippen molar-refractivity contribution in [2.24, 2.45) is 0 Å². The van der Waals surface area contributed by atoms with Crippen molar-refractivity contribution in [3.63, 3.8) is 0 Å². The molecule has 2 rings (SSSR count). The standard InChI is InChI=1S/C11H18N4O/c1-15(2)6-4-10-8-7-12-5-3-9(8)13-11(16)14-10/h12H,3-7H2,1-2H3,(H,13,14,16). The molecule has 0 radical (unpaired) electrons. The maximum absolute atomic E-state index is 11.4. The van der Waals surface area contributed by atoms with Crippen molar-refractivity contribution in [3.05, 3.63) is 27.4 Å². The zero-order valence-corrected chi connectivity index (χ0v) is 9.84. The molecule has 0 saturated heterocycles. The first kappa shape index (κ1) is 11.3. The van der Waals surface area contributed by atoms with Gasteiger partial charge < -0.3 is 15.2 Å². The first-order valence-corrected chi connectivity index (χ1v) is 5.63. The lowest BCUT2D eigenvalue weighted by molar-refractivity contribution is 0.410. The molecule has 0 bridgehead atoms. The molecule has 1 aromatic rings. The van der Waals surface area contributed by atoms with Crippen LogP contribution in [0, 0.1) is 0 Å². The third-order valence-corrected chi connectivity index (χ3v) is 2.86. The fourth-order valence-corrected chi connectivity index (χ4v) is 1.98. The molecule has 0 aromatic carbocycles. The van der Waals surface area contributed by atoms with Gasteiger partial charge in [0.25, 0.3) is 0 Å². The van der Waals surface area contributed by atoms with Gasteiger partial charge in [-0.3, -0.25) is 0 Å². The number of rotatable bonds is 3. The average molecular weight is 222 g/mol. The van der Waals surface area contributed by atoms with E-state index in [0.717, 1.165) is 43.9 Å². The van der Waals surface area contributed by atoms with Crippen LogP contribution in [-0.4, -0.2) is 42.1 Å². The van der Waals surface area contributed by atoms with E-state index >= 15 is 0 Å². The molecular weight excluding hydrogens is 204 g/mol. The van der Waals surface area contributed by atoms with Crippen molar-refractivity contribution in [2.45, 2.75) is 19.4 Å². The first-order chi connectivity index (χ1) is 7.66. The Kier molecular flexibility index (Phi) is 3.36. The van der Waals surface area contributed by atoms with E-state index in [2.05, 4.69) is 20.2 Å². The monoisotopic (exact) mass is 222 g/mol. The second-order valence-electron chi connectivity index (χ2n) is 4.43. The number of fused-ring (bicyclic) bond motifs is 1. The van der Waals surface area contributed by atoms with Crippen molar-refractivity contribution < 1.29 is 0 Å². The van der Waals surface area contributed by atoms with E-state index in [1.54, 1.807) is 0 Å². The number of H-pyrrole nitrogens is 1. The molecule has 16 heavy (non-hydrogen) atoms. The molecular formula is C11H18N4O. The van der Waals surface area contributed by atoms with Crippen LogP contribution < -0.4 is 11.0 Å². The maximum Gasteiger partial charge on any atom is 0.345 e. The van der Waals surface area contributed by atoms with Gasteiger partial charge in [0.05, 0.1) is 5.69 Å². The van der Waals surface area contributed by atoms with Gasteiger partial charge in [-0.2, -0.15) is 4.98 Å². The van der Waals surface area contributed by atoms with E-state index in [9.17, 15) is 4.79 Å². The van der Waals surface area contributed by atoms with Crippen LogP contribution in [0.5, 0.6) is 0 Å².